The Bertz CT molecular complexity index is 746. The first kappa shape index (κ1) is 16.3. The minimum atomic E-state index is -0.0635. The molecule has 0 unspecified atom stereocenters. The van der Waals surface area contributed by atoms with Gasteiger partial charge < -0.3 is 10.2 Å². The predicted octanol–water partition coefficient (Wildman–Crippen LogP) is 3.86. The van der Waals surface area contributed by atoms with Gasteiger partial charge in [-0.1, -0.05) is 50.3 Å². The highest BCUT2D eigenvalue weighted by atomic mass is 16.2. The molecule has 0 saturated carbocycles. The molecule has 2 amide bonds. The third kappa shape index (κ3) is 3.50. The molecule has 126 valence electrons. The van der Waals surface area contributed by atoms with Gasteiger partial charge in [-0.3, -0.25) is 4.68 Å². The fourth-order valence-electron chi connectivity index (χ4n) is 3.00. The molecule has 1 N–H and O–H groups in total. The molecular formula is C19H24N4O. The summed E-state index contributed by atoms with van der Waals surface area (Å²) in [5, 5.41) is 7.47. The van der Waals surface area contributed by atoms with Crippen molar-refractivity contribution in [3.8, 4) is 0 Å². The lowest BCUT2D eigenvalue weighted by molar-refractivity contribution is 0.217. The Labute approximate surface area is 143 Å². The van der Waals surface area contributed by atoms with Crippen LogP contribution in [0.4, 0.5) is 10.5 Å². The van der Waals surface area contributed by atoms with E-state index in [4.69, 9.17) is 0 Å². The number of hydrogen-bond acceptors (Lipinski definition) is 2. The van der Waals surface area contributed by atoms with Crippen molar-refractivity contribution >= 4 is 17.3 Å². The first-order chi connectivity index (χ1) is 11.5. The third-order valence-corrected chi connectivity index (χ3v) is 4.23. The van der Waals surface area contributed by atoms with Crippen molar-refractivity contribution in [2.75, 3.05) is 18.4 Å². The molecule has 1 aromatic heterocycles. The average molecular weight is 324 g/mol. The topological polar surface area (TPSA) is 50.2 Å². The maximum absolute atomic E-state index is 12.7. The molecule has 24 heavy (non-hydrogen) atoms. The summed E-state index contributed by atoms with van der Waals surface area (Å²) in [7, 11) is 1.87. The van der Waals surface area contributed by atoms with Gasteiger partial charge in [0.25, 0.3) is 0 Å². The second kappa shape index (κ2) is 6.91. The number of carbonyl (C=O) groups excluding carboxylic acids is 1. The third-order valence-electron chi connectivity index (χ3n) is 4.23. The molecule has 2 aromatic rings. The monoisotopic (exact) mass is 324 g/mol. The first-order valence-corrected chi connectivity index (χ1v) is 8.38. The molecular weight excluding hydrogens is 300 g/mol. The van der Waals surface area contributed by atoms with Crippen LogP contribution in [-0.2, 0) is 7.05 Å². The number of benzene rings is 1. The summed E-state index contributed by atoms with van der Waals surface area (Å²) in [5.41, 5.74) is 4.10. The molecule has 0 atom stereocenters. The fourth-order valence-corrected chi connectivity index (χ4v) is 3.00. The second-order valence-electron chi connectivity index (χ2n) is 6.49. The van der Waals surface area contributed by atoms with Crippen LogP contribution >= 0.6 is 0 Å². The van der Waals surface area contributed by atoms with E-state index in [1.165, 1.54) is 11.1 Å². The minimum absolute atomic E-state index is 0.0635. The number of anilines is 1. The summed E-state index contributed by atoms with van der Waals surface area (Å²) in [6.07, 6.45) is 4.97. The average Bonchev–Trinajstić information content (AvgIpc) is 2.96. The molecule has 0 fully saturated rings. The summed E-state index contributed by atoms with van der Waals surface area (Å²) in [6, 6.07) is 10.2. The van der Waals surface area contributed by atoms with Crippen molar-refractivity contribution in [3.05, 3.63) is 53.9 Å². The molecule has 0 aliphatic carbocycles. The Morgan fingerprint density at radius 1 is 1.25 bits per heavy atom. The number of nitrogens with one attached hydrogen (secondary N) is 1. The maximum Gasteiger partial charge on any atom is 0.322 e. The summed E-state index contributed by atoms with van der Waals surface area (Å²) >= 11 is 0. The maximum atomic E-state index is 12.7. The van der Waals surface area contributed by atoms with E-state index in [1.807, 2.05) is 36.3 Å². The van der Waals surface area contributed by atoms with Crippen molar-refractivity contribution in [1.82, 2.24) is 14.7 Å². The van der Waals surface area contributed by atoms with Gasteiger partial charge in [0.2, 0.25) is 0 Å². The van der Waals surface area contributed by atoms with E-state index in [0.717, 1.165) is 24.3 Å². The number of urea groups is 1. The predicted molar refractivity (Wildman–Crippen MR) is 96.9 cm³/mol. The number of rotatable bonds is 3. The van der Waals surface area contributed by atoms with E-state index < -0.39 is 0 Å². The highest BCUT2D eigenvalue weighted by Gasteiger charge is 2.21. The van der Waals surface area contributed by atoms with Crippen LogP contribution in [0.3, 0.4) is 0 Å². The van der Waals surface area contributed by atoms with Crippen LogP contribution in [0, 0.1) is 0 Å². The number of aromatic nitrogens is 2. The normalized spacial score (nSPS) is 14.7. The van der Waals surface area contributed by atoms with Crippen LogP contribution in [-0.4, -0.2) is 33.8 Å². The molecule has 1 aliphatic rings. The molecule has 2 heterocycles. The molecule has 0 saturated heterocycles. The molecule has 0 bridgehead atoms. The second-order valence-corrected chi connectivity index (χ2v) is 6.49. The zero-order valence-corrected chi connectivity index (χ0v) is 14.5. The lowest BCUT2D eigenvalue weighted by Crippen LogP contribution is -2.38. The van der Waals surface area contributed by atoms with E-state index in [-0.39, 0.29) is 11.9 Å². The van der Waals surface area contributed by atoms with Crippen LogP contribution in [0.2, 0.25) is 0 Å². The Kier molecular flexibility index (Phi) is 4.69. The zero-order chi connectivity index (χ0) is 17.1. The zero-order valence-electron chi connectivity index (χ0n) is 14.5. The Morgan fingerprint density at radius 3 is 2.71 bits per heavy atom. The van der Waals surface area contributed by atoms with Gasteiger partial charge in [0.1, 0.15) is 0 Å². The van der Waals surface area contributed by atoms with E-state index in [1.54, 1.807) is 4.68 Å². The summed E-state index contributed by atoms with van der Waals surface area (Å²) in [4.78, 5) is 14.5. The molecule has 3 rings (SSSR count). The Hall–Kier alpha value is -2.56. The SMILES string of the molecule is CC(C)c1nn(C)cc1NC(=O)N1CCC=C(c2ccccc2)C1. The van der Waals surface area contributed by atoms with Crippen molar-refractivity contribution in [3.63, 3.8) is 0 Å². The molecule has 0 spiro atoms. The lowest BCUT2D eigenvalue weighted by Gasteiger charge is -2.28. The van der Waals surface area contributed by atoms with Gasteiger partial charge >= 0.3 is 6.03 Å². The molecule has 0 radical (unpaired) electrons. The van der Waals surface area contributed by atoms with Gasteiger partial charge in [-0.15, -0.1) is 0 Å². The molecule has 1 aliphatic heterocycles. The van der Waals surface area contributed by atoms with Gasteiger partial charge in [0, 0.05) is 26.3 Å². The fraction of sp³-hybridized carbons (Fsp3) is 0.368. The number of aryl methyl sites for hydroxylation is 1. The van der Waals surface area contributed by atoms with E-state index in [2.05, 4.69) is 42.5 Å². The van der Waals surface area contributed by atoms with Crippen molar-refractivity contribution in [2.45, 2.75) is 26.2 Å². The number of nitrogens with zero attached hydrogens (tertiary/aromatic N) is 3. The summed E-state index contributed by atoms with van der Waals surface area (Å²) < 4.78 is 1.75. The van der Waals surface area contributed by atoms with E-state index >= 15 is 0 Å². The van der Waals surface area contributed by atoms with Crippen molar-refractivity contribution in [2.24, 2.45) is 7.05 Å². The molecule has 5 nitrogen and oxygen atoms in total. The van der Waals surface area contributed by atoms with Gasteiger partial charge in [-0.05, 0) is 23.5 Å². The lowest BCUT2D eigenvalue weighted by atomic mass is 10.0. The molecule has 5 heteroatoms. The number of carbonyl (C=O) groups is 1. The highest BCUT2D eigenvalue weighted by Crippen LogP contribution is 2.24. The van der Waals surface area contributed by atoms with Gasteiger partial charge in [0.05, 0.1) is 11.4 Å². The Balaban J connectivity index is 1.71. The summed E-state index contributed by atoms with van der Waals surface area (Å²) in [5.74, 6) is 0.266. The summed E-state index contributed by atoms with van der Waals surface area (Å²) in [6.45, 7) is 5.52. The number of amides is 2. The Morgan fingerprint density at radius 2 is 2.00 bits per heavy atom. The smallest absolute Gasteiger partial charge is 0.320 e. The minimum Gasteiger partial charge on any atom is -0.320 e. The van der Waals surface area contributed by atoms with Crippen molar-refractivity contribution in [1.29, 1.82) is 0 Å². The first-order valence-electron chi connectivity index (χ1n) is 8.38. The van der Waals surface area contributed by atoms with E-state index in [9.17, 15) is 4.79 Å². The largest absolute Gasteiger partial charge is 0.322 e. The standard InChI is InChI=1S/C19H24N4O/c1-14(2)18-17(13-22(3)21-18)20-19(24)23-11-7-10-16(12-23)15-8-5-4-6-9-15/h4-6,8-10,13-14H,7,11-12H2,1-3H3,(H,20,24). The van der Waals surface area contributed by atoms with Crippen LogP contribution in [0.25, 0.3) is 5.57 Å². The highest BCUT2D eigenvalue weighted by molar-refractivity contribution is 5.91. The van der Waals surface area contributed by atoms with Crippen LogP contribution in [0.5, 0.6) is 0 Å². The van der Waals surface area contributed by atoms with Gasteiger partial charge in [-0.2, -0.15) is 5.10 Å². The van der Waals surface area contributed by atoms with Crippen LogP contribution in [0.15, 0.2) is 42.6 Å². The van der Waals surface area contributed by atoms with Crippen molar-refractivity contribution < 1.29 is 4.79 Å². The van der Waals surface area contributed by atoms with Crippen LogP contribution < -0.4 is 5.32 Å². The van der Waals surface area contributed by atoms with Gasteiger partial charge in [-0.25, -0.2) is 4.79 Å². The van der Waals surface area contributed by atoms with Gasteiger partial charge in [0.15, 0.2) is 0 Å². The van der Waals surface area contributed by atoms with E-state index in [0.29, 0.717) is 6.54 Å². The molecule has 1 aromatic carbocycles. The quantitative estimate of drug-likeness (QED) is 0.932. The number of hydrogen-bond donors (Lipinski definition) is 1. The van der Waals surface area contributed by atoms with Crippen LogP contribution in [0.1, 0.15) is 37.4 Å².